The molecule has 1 unspecified atom stereocenters. The number of hydrogen-bond acceptors (Lipinski definition) is 2. The number of halogens is 5. The molecule has 114 valence electrons. The van der Waals surface area contributed by atoms with Crippen LogP contribution in [0.2, 0.25) is 4.34 Å². The highest BCUT2D eigenvalue weighted by Crippen LogP contribution is 2.38. The maximum absolute atomic E-state index is 12.9. The van der Waals surface area contributed by atoms with Crippen LogP contribution in [0.5, 0.6) is 0 Å². The number of nitrogens with one attached hydrogen (secondary N) is 1. The first-order chi connectivity index (χ1) is 9.82. The molecule has 1 nitrogen and oxygen atoms in total. The second-order valence-corrected chi connectivity index (χ2v) is 6.97. The average Bonchev–Trinajstić information content (AvgIpc) is 2.82. The summed E-state index contributed by atoms with van der Waals surface area (Å²) in [5.41, 5.74) is -0.114. The Balaban J connectivity index is 2.49. The van der Waals surface area contributed by atoms with Gasteiger partial charge in [-0.1, -0.05) is 34.5 Å². The summed E-state index contributed by atoms with van der Waals surface area (Å²) in [6, 6.07) is 6.91. The normalized spacial score (nSPS) is 13.4. The molecule has 1 atom stereocenters. The molecule has 7 heteroatoms. The third-order valence-electron chi connectivity index (χ3n) is 2.92. The second kappa shape index (κ2) is 6.69. The lowest BCUT2D eigenvalue weighted by Gasteiger charge is -2.20. The minimum Gasteiger partial charge on any atom is -0.306 e. The molecule has 1 aromatic heterocycles. The van der Waals surface area contributed by atoms with Gasteiger partial charge in [0.05, 0.1) is 15.9 Å². The molecule has 0 aliphatic carbocycles. The first kappa shape index (κ1) is 16.8. The Morgan fingerprint density at radius 2 is 2.00 bits per heavy atom. The Morgan fingerprint density at radius 3 is 2.52 bits per heavy atom. The zero-order chi connectivity index (χ0) is 15.6. The maximum atomic E-state index is 12.9. The van der Waals surface area contributed by atoms with Crippen LogP contribution in [0.1, 0.15) is 29.0 Å². The van der Waals surface area contributed by atoms with Crippen molar-refractivity contribution in [2.45, 2.75) is 19.1 Å². The lowest BCUT2D eigenvalue weighted by molar-refractivity contribution is -0.137. The molecular formula is C14H12BrClF3NS. The zero-order valence-electron chi connectivity index (χ0n) is 11.0. The van der Waals surface area contributed by atoms with Crippen molar-refractivity contribution in [2.75, 3.05) is 6.54 Å². The fourth-order valence-electron chi connectivity index (χ4n) is 1.99. The summed E-state index contributed by atoms with van der Waals surface area (Å²) in [7, 11) is 0. The average molecular weight is 399 g/mol. The quantitative estimate of drug-likeness (QED) is 0.678. The number of hydrogen-bond donors (Lipinski definition) is 1. The van der Waals surface area contributed by atoms with Gasteiger partial charge in [-0.25, -0.2) is 0 Å². The standard InChI is InChI=1S/C14H12BrClF3NS/c1-2-20-13(11-5-6-12(16)21-11)9-7-8(14(17,18)19)3-4-10(9)15/h3-7,13,20H,2H2,1H3. The molecule has 0 saturated carbocycles. The first-order valence-corrected chi connectivity index (χ1v) is 8.17. The summed E-state index contributed by atoms with van der Waals surface area (Å²) in [4.78, 5) is 0.877. The zero-order valence-corrected chi connectivity index (χ0v) is 14.1. The van der Waals surface area contributed by atoms with Crippen LogP contribution < -0.4 is 5.32 Å². The van der Waals surface area contributed by atoms with E-state index in [-0.39, 0.29) is 6.04 Å². The predicted octanol–water partition coefficient (Wildman–Crippen LogP) is 5.88. The molecule has 0 spiro atoms. The van der Waals surface area contributed by atoms with Crippen molar-refractivity contribution in [3.8, 4) is 0 Å². The summed E-state index contributed by atoms with van der Waals surface area (Å²) in [6.07, 6.45) is -4.36. The van der Waals surface area contributed by atoms with Crippen LogP contribution >= 0.6 is 38.9 Å². The molecule has 21 heavy (non-hydrogen) atoms. The molecule has 1 heterocycles. The lowest BCUT2D eigenvalue weighted by Crippen LogP contribution is -2.22. The highest BCUT2D eigenvalue weighted by atomic mass is 79.9. The Morgan fingerprint density at radius 1 is 1.29 bits per heavy atom. The largest absolute Gasteiger partial charge is 0.416 e. The fourth-order valence-corrected chi connectivity index (χ4v) is 3.62. The third kappa shape index (κ3) is 4.00. The van der Waals surface area contributed by atoms with Crippen LogP contribution in [0.4, 0.5) is 13.2 Å². The van der Waals surface area contributed by atoms with Crippen molar-refractivity contribution in [3.63, 3.8) is 0 Å². The van der Waals surface area contributed by atoms with Crippen LogP contribution in [0.15, 0.2) is 34.8 Å². The van der Waals surface area contributed by atoms with Crippen LogP contribution in [-0.2, 0) is 6.18 Å². The van der Waals surface area contributed by atoms with E-state index in [2.05, 4.69) is 21.2 Å². The van der Waals surface area contributed by atoms with E-state index in [0.29, 0.717) is 20.9 Å². The summed E-state index contributed by atoms with van der Waals surface area (Å²) in [5.74, 6) is 0. The predicted molar refractivity (Wildman–Crippen MR) is 84.0 cm³/mol. The first-order valence-electron chi connectivity index (χ1n) is 6.18. The van der Waals surface area contributed by atoms with Gasteiger partial charge in [0.1, 0.15) is 0 Å². The molecule has 0 amide bonds. The van der Waals surface area contributed by atoms with Crippen molar-refractivity contribution in [2.24, 2.45) is 0 Å². The Bertz CT molecular complexity index is 627. The van der Waals surface area contributed by atoms with E-state index in [1.54, 1.807) is 6.07 Å². The summed E-state index contributed by atoms with van der Waals surface area (Å²) >= 11 is 10.6. The third-order valence-corrected chi connectivity index (χ3v) is 4.94. The van der Waals surface area contributed by atoms with Crippen molar-refractivity contribution in [3.05, 3.63) is 55.1 Å². The van der Waals surface area contributed by atoms with Gasteiger partial charge >= 0.3 is 6.18 Å². The monoisotopic (exact) mass is 397 g/mol. The van der Waals surface area contributed by atoms with Gasteiger partial charge in [-0.3, -0.25) is 0 Å². The highest BCUT2D eigenvalue weighted by Gasteiger charge is 2.32. The van der Waals surface area contributed by atoms with Crippen molar-refractivity contribution >= 4 is 38.9 Å². The minimum absolute atomic E-state index is 0.329. The molecule has 0 aliphatic rings. The molecule has 0 fully saturated rings. The van der Waals surface area contributed by atoms with Gasteiger partial charge in [0.15, 0.2) is 0 Å². The second-order valence-electron chi connectivity index (χ2n) is 4.37. The van der Waals surface area contributed by atoms with E-state index in [1.165, 1.54) is 23.5 Å². The van der Waals surface area contributed by atoms with Gasteiger partial charge in [-0.05, 0) is 42.4 Å². The van der Waals surface area contributed by atoms with Gasteiger partial charge in [0.2, 0.25) is 0 Å². The molecule has 1 N–H and O–H groups in total. The number of rotatable bonds is 4. The molecule has 2 aromatic rings. The van der Waals surface area contributed by atoms with Crippen LogP contribution in [-0.4, -0.2) is 6.54 Å². The Kier molecular flexibility index (Phi) is 5.35. The van der Waals surface area contributed by atoms with E-state index in [0.717, 1.165) is 10.9 Å². The fraction of sp³-hybridized carbons (Fsp3) is 0.286. The number of benzene rings is 1. The van der Waals surface area contributed by atoms with Crippen LogP contribution in [0.3, 0.4) is 0 Å². The van der Waals surface area contributed by atoms with Gasteiger partial charge in [-0.15, -0.1) is 11.3 Å². The molecule has 0 aliphatic heterocycles. The number of alkyl halides is 3. The van der Waals surface area contributed by atoms with E-state index in [4.69, 9.17) is 11.6 Å². The Labute approximate surface area is 138 Å². The maximum Gasteiger partial charge on any atom is 0.416 e. The van der Waals surface area contributed by atoms with Crippen molar-refractivity contribution in [1.82, 2.24) is 5.32 Å². The van der Waals surface area contributed by atoms with E-state index in [1.807, 2.05) is 13.0 Å². The topological polar surface area (TPSA) is 12.0 Å². The van der Waals surface area contributed by atoms with Gasteiger partial charge in [-0.2, -0.15) is 13.2 Å². The highest BCUT2D eigenvalue weighted by molar-refractivity contribution is 9.10. The minimum atomic E-state index is -4.36. The van der Waals surface area contributed by atoms with Crippen LogP contribution in [0.25, 0.3) is 0 Å². The summed E-state index contributed by atoms with van der Waals surface area (Å²) in [5, 5.41) is 3.20. The van der Waals surface area contributed by atoms with E-state index in [9.17, 15) is 13.2 Å². The van der Waals surface area contributed by atoms with E-state index < -0.39 is 11.7 Å². The van der Waals surface area contributed by atoms with Gasteiger partial charge < -0.3 is 5.32 Å². The molecule has 0 bridgehead atoms. The summed E-state index contributed by atoms with van der Waals surface area (Å²) in [6.45, 7) is 2.53. The van der Waals surface area contributed by atoms with Crippen molar-refractivity contribution < 1.29 is 13.2 Å². The van der Waals surface area contributed by atoms with Crippen molar-refractivity contribution in [1.29, 1.82) is 0 Å². The van der Waals surface area contributed by atoms with Gasteiger partial charge in [0.25, 0.3) is 0 Å². The molecular weight excluding hydrogens is 387 g/mol. The SMILES string of the molecule is CCNC(c1ccc(Cl)s1)c1cc(C(F)(F)F)ccc1Br. The molecule has 0 saturated heterocycles. The lowest BCUT2D eigenvalue weighted by atomic mass is 10.0. The van der Waals surface area contributed by atoms with Crippen LogP contribution in [0, 0.1) is 0 Å². The number of thiophene rings is 1. The molecule has 2 rings (SSSR count). The molecule has 1 aromatic carbocycles. The smallest absolute Gasteiger partial charge is 0.306 e. The Hall–Kier alpha value is -0.560. The summed E-state index contributed by atoms with van der Waals surface area (Å²) < 4.78 is 39.9. The van der Waals surface area contributed by atoms with Gasteiger partial charge in [0, 0.05) is 9.35 Å². The molecule has 0 radical (unpaired) electrons. The van der Waals surface area contributed by atoms with E-state index >= 15 is 0 Å².